The molecule has 0 aliphatic rings. The van der Waals surface area contributed by atoms with E-state index in [1.807, 2.05) is 19.1 Å². The lowest BCUT2D eigenvalue weighted by atomic mass is 10.1. The van der Waals surface area contributed by atoms with Gasteiger partial charge in [0.2, 0.25) is 15.9 Å². The van der Waals surface area contributed by atoms with Crippen LogP contribution in [-0.2, 0) is 21.2 Å². The number of amides is 1. The molecular weight excluding hydrogens is 388 g/mol. The van der Waals surface area contributed by atoms with Gasteiger partial charge in [0.15, 0.2) is 0 Å². The Kier molecular flexibility index (Phi) is 7.50. The summed E-state index contributed by atoms with van der Waals surface area (Å²) in [5.74, 6) is 0.122. The van der Waals surface area contributed by atoms with E-state index in [-0.39, 0.29) is 19.7 Å². The van der Waals surface area contributed by atoms with Crippen molar-refractivity contribution in [1.82, 2.24) is 5.32 Å². The Labute approximate surface area is 165 Å². The van der Waals surface area contributed by atoms with E-state index in [1.165, 1.54) is 0 Å². The van der Waals surface area contributed by atoms with Gasteiger partial charge in [0.05, 0.1) is 23.5 Å². The van der Waals surface area contributed by atoms with Crippen molar-refractivity contribution in [3.05, 3.63) is 59.1 Å². The minimum absolute atomic E-state index is 0.222. The minimum Gasteiger partial charge on any atom is -0.490 e. The molecule has 2 rings (SSSR count). The number of carbonyl (C=O) groups is 1. The molecule has 0 radical (unpaired) electrons. The minimum atomic E-state index is -3.60. The summed E-state index contributed by atoms with van der Waals surface area (Å²) in [7, 11) is -3.60. The average molecular weight is 411 g/mol. The van der Waals surface area contributed by atoms with Crippen molar-refractivity contribution in [2.75, 3.05) is 30.3 Å². The van der Waals surface area contributed by atoms with Crippen LogP contribution in [0.15, 0.2) is 48.5 Å². The standard InChI is InChI=1S/C19H23ClN2O4S/c1-3-15-8-4-6-10-17(15)22(27(2,24)25)14-19(23)21-12-13-26-18-11-7-5-9-16(18)20/h4-11H,3,12-14H2,1-2H3,(H,21,23). The SMILES string of the molecule is CCc1ccccc1N(CC(=O)NCCOc1ccccc1Cl)S(C)(=O)=O. The number of para-hydroxylation sites is 2. The molecule has 27 heavy (non-hydrogen) atoms. The number of nitrogens with zero attached hydrogens (tertiary/aromatic N) is 1. The summed E-state index contributed by atoms with van der Waals surface area (Å²) < 4.78 is 31.0. The molecule has 8 heteroatoms. The molecule has 0 atom stereocenters. The molecule has 0 heterocycles. The fourth-order valence-electron chi connectivity index (χ4n) is 2.53. The first-order chi connectivity index (χ1) is 12.8. The molecule has 0 unspecified atom stereocenters. The summed E-state index contributed by atoms with van der Waals surface area (Å²) in [5.41, 5.74) is 1.38. The van der Waals surface area contributed by atoms with Crippen LogP contribution in [0.1, 0.15) is 12.5 Å². The quantitative estimate of drug-likeness (QED) is 0.645. The van der Waals surface area contributed by atoms with Gasteiger partial charge in [-0.3, -0.25) is 9.10 Å². The van der Waals surface area contributed by atoms with E-state index in [4.69, 9.17) is 16.3 Å². The van der Waals surface area contributed by atoms with Gasteiger partial charge in [-0.25, -0.2) is 8.42 Å². The molecule has 2 aromatic carbocycles. The first kappa shape index (κ1) is 21.1. The van der Waals surface area contributed by atoms with Crippen LogP contribution < -0.4 is 14.4 Å². The lowest BCUT2D eigenvalue weighted by Gasteiger charge is -2.24. The van der Waals surface area contributed by atoms with Gasteiger partial charge in [0, 0.05) is 0 Å². The van der Waals surface area contributed by atoms with Crippen LogP contribution >= 0.6 is 11.6 Å². The number of nitrogens with one attached hydrogen (secondary N) is 1. The number of hydrogen-bond acceptors (Lipinski definition) is 4. The predicted octanol–water partition coefficient (Wildman–Crippen LogP) is 2.86. The fourth-order valence-corrected chi connectivity index (χ4v) is 3.61. The predicted molar refractivity (Wildman–Crippen MR) is 108 cm³/mol. The third kappa shape index (κ3) is 6.15. The number of carbonyl (C=O) groups excluding carboxylic acids is 1. The summed E-state index contributed by atoms with van der Waals surface area (Å²) in [5, 5.41) is 3.16. The number of rotatable bonds is 9. The molecular formula is C19H23ClN2O4S. The summed E-state index contributed by atoms with van der Waals surface area (Å²) >= 11 is 6.00. The first-order valence-electron chi connectivity index (χ1n) is 8.52. The molecule has 0 saturated heterocycles. The van der Waals surface area contributed by atoms with E-state index >= 15 is 0 Å². The monoisotopic (exact) mass is 410 g/mol. The zero-order valence-electron chi connectivity index (χ0n) is 15.3. The van der Waals surface area contributed by atoms with Gasteiger partial charge in [-0.1, -0.05) is 48.9 Å². The topological polar surface area (TPSA) is 75.7 Å². The Balaban J connectivity index is 1.96. The molecule has 0 fully saturated rings. The van der Waals surface area contributed by atoms with Crippen LogP contribution in [-0.4, -0.2) is 40.3 Å². The molecule has 0 aliphatic heterocycles. The Morgan fingerprint density at radius 2 is 1.81 bits per heavy atom. The molecule has 6 nitrogen and oxygen atoms in total. The number of sulfonamides is 1. The lowest BCUT2D eigenvalue weighted by molar-refractivity contribution is -0.119. The maximum absolute atomic E-state index is 12.3. The van der Waals surface area contributed by atoms with Crippen molar-refractivity contribution in [3.8, 4) is 5.75 Å². The highest BCUT2D eigenvalue weighted by Crippen LogP contribution is 2.24. The largest absolute Gasteiger partial charge is 0.490 e. The average Bonchev–Trinajstić information content (AvgIpc) is 2.63. The number of hydrogen-bond donors (Lipinski definition) is 1. The maximum atomic E-state index is 12.3. The first-order valence-corrected chi connectivity index (χ1v) is 10.7. The number of halogens is 1. The van der Waals surface area contributed by atoms with Crippen molar-refractivity contribution >= 4 is 33.2 Å². The van der Waals surface area contributed by atoms with Crippen molar-refractivity contribution in [1.29, 1.82) is 0 Å². The zero-order valence-corrected chi connectivity index (χ0v) is 16.9. The molecule has 0 saturated carbocycles. The molecule has 0 aromatic heterocycles. The molecule has 1 N–H and O–H groups in total. The zero-order chi connectivity index (χ0) is 19.9. The fraction of sp³-hybridized carbons (Fsp3) is 0.316. The molecule has 2 aromatic rings. The Hall–Kier alpha value is -2.25. The number of aryl methyl sites for hydroxylation is 1. The van der Waals surface area contributed by atoms with Crippen LogP contribution in [0.5, 0.6) is 5.75 Å². The van der Waals surface area contributed by atoms with Gasteiger partial charge in [-0.15, -0.1) is 0 Å². The van der Waals surface area contributed by atoms with Crippen LogP contribution in [0, 0.1) is 0 Å². The highest BCUT2D eigenvalue weighted by molar-refractivity contribution is 7.92. The summed E-state index contributed by atoms with van der Waals surface area (Å²) in [6.07, 6.45) is 1.75. The van der Waals surface area contributed by atoms with Crippen LogP contribution in [0.2, 0.25) is 5.02 Å². The Bertz CT molecular complexity index is 887. The van der Waals surface area contributed by atoms with Gasteiger partial charge in [0.1, 0.15) is 18.9 Å². The lowest BCUT2D eigenvalue weighted by Crippen LogP contribution is -2.41. The second-order valence-electron chi connectivity index (χ2n) is 5.88. The third-order valence-corrected chi connectivity index (χ3v) is 5.29. The number of ether oxygens (including phenoxy) is 1. The van der Waals surface area contributed by atoms with E-state index in [9.17, 15) is 13.2 Å². The number of anilines is 1. The number of benzene rings is 2. The van der Waals surface area contributed by atoms with Gasteiger partial charge < -0.3 is 10.1 Å². The Morgan fingerprint density at radius 1 is 1.15 bits per heavy atom. The maximum Gasteiger partial charge on any atom is 0.240 e. The van der Waals surface area contributed by atoms with Gasteiger partial charge in [-0.2, -0.15) is 0 Å². The van der Waals surface area contributed by atoms with Crippen LogP contribution in [0.4, 0.5) is 5.69 Å². The van der Waals surface area contributed by atoms with Crippen molar-refractivity contribution in [2.24, 2.45) is 0 Å². The van der Waals surface area contributed by atoms with Gasteiger partial charge in [0.25, 0.3) is 0 Å². The second kappa shape index (κ2) is 9.62. The van der Waals surface area contributed by atoms with Crippen molar-refractivity contribution in [3.63, 3.8) is 0 Å². The highest BCUT2D eigenvalue weighted by atomic mass is 35.5. The van der Waals surface area contributed by atoms with Crippen molar-refractivity contribution < 1.29 is 17.9 Å². The molecule has 0 bridgehead atoms. The van der Waals surface area contributed by atoms with Crippen LogP contribution in [0.3, 0.4) is 0 Å². The highest BCUT2D eigenvalue weighted by Gasteiger charge is 2.22. The van der Waals surface area contributed by atoms with E-state index in [1.54, 1.807) is 36.4 Å². The van der Waals surface area contributed by atoms with E-state index in [0.717, 1.165) is 16.1 Å². The second-order valence-corrected chi connectivity index (χ2v) is 8.19. The molecule has 1 amide bonds. The van der Waals surface area contributed by atoms with Gasteiger partial charge >= 0.3 is 0 Å². The summed E-state index contributed by atoms with van der Waals surface area (Å²) in [6, 6.07) is 14.2. The summed E-state index contributed by atoms with van der Waals surface area (Å²) in [6.45, 7) is 2.10. The van der Waals surface area contributed by atoms with Crippen molar-refractivity contribution in [2.45, 2.75) is 13.3 Å². The van der Waals surface area contributed by atoms with Gasteiger partial charge in [-0.05, 0) is 30.2 Å². The molecule has 146 valence electrons. The summed E-state index contributed by atoms with van der Waals surface area (Å²) in [4.78, 5) is 12.3. The van der Waals surface area contributed by atoms with Crippen LogP contribution in [0.25, 0.3) is 0 Å². The van der Waals surface area contributed by atoms with E-state index in [0.29, 0.717) is 22.9 Å². The van der Waals surface area contributed by atoms with E-state index < -0.39 is 15.9 Å². The Morgan fingerprint density at radius 3 is 2.48 bits per heavy atom. The smallest absolute Gasteiger partial charge is 0.240 e. The molecule has 0 aliphatic carbocycles. The van der Waals surface area contributed by atoms with E-state index in [2.05, 4.69) is 5.32 Å². The normalized spacial score (nSPS) is 11.1. The molecule has 0 spiro atoms. The third-order valence-electron chi connectivity index (χ3n) is 3.85.